The Labute approximate surface area is 232 Å². The number of likely N-dealkylation sites (tertiary alicyclic amines) is 1. The number of alkyl halides is 1. The van der Waals surface area contributed by atoms with Crippen molar-refractivity contribution in [3.05, 3.63) is 83.9 Å². The molecule has 0 spiro atoms. The number of rotatable bonds is 6. The molecule has 6 rings (SSSR count). The van der Waals surface area contributed by atoms with E-state index in [0.29, 0.717) is 38.8 Å². The predicted octanol–water partition coefficient (Wildman–Crippen LogP) is 5.55. The minimum absolute atomic E-state index is 0.0326. The highest BCUT2D eigenvalue weighted by Crippen LogP contribution is 2.46. The molecule has 9 nitrogen and oxygen atoms in total. The van der Waals surface area contributed by atoms with Crippen LogP contribution < -0.4 is 20.3 Å². The molecule has 4 aromatic rings. The van der Waals surface area contributed by atoms with Crippen molar-refractivity contribution in [2.45, 2.75) is 19.1 Å². The summed E-state index contributed by atoms with van der Waals surface area (Å²) in [6, 6.07) is 15.3. The van der Waals surface area contributed by atoms with Crippen LogP contribution in [0.2, 0.25) is 0 Å². The molecule has 4 amide bonds. The Balaban J connectivity index is 1.30. The minimum atomic E-state index is -1.42. The second-order valence-corrected chi connectivity index (χ2v) is 10.5. The number of pyridine rings is 1. The van der Waals surface area contributed by atoms with Crippen LogP contribution >= 0.6 is 11.3 Å². The first-order chi connectivity index (χ1) is 19.3. The highest BCUT2D eigenvalue weighted by Gasteiger charge is 2.38. The third-order valence-electron chi connectivity index (χ3n) is 6.89. The van der Waals surface area contributed by atoms with E-state index in [9.17, 15) is 18.8 Å². The molecule has 2 aromatic heterocycles. The number of carbonyl (C=O) groups is 3. The number of thiophene rings is 1. The van der Waals surface area contributed by atoms with E-state index in [1.165, 1.54) is 4.90 Å². The number of amides is 4. The van der Waals surface area contributed by atoms with E-state index in [-0.39, 0.29) is 18.0 Å². The lowest BCUT2D eigenvalue weighted by atomic mass is 10.1. The zero-order chi connectivity index (χ0) is 28.0. The number of anilines is 3. The molecule has 11 heteroatoms. The van der Waals surface area contributed by atoms with Gasteiger partial charge in [0.15, 0.2) is 0 Å². The number of halogens is 1. The number of nitrogens with one attached hydrogen (secondary N) is 2. The summed E-state index contributed by atoms with van der Waals surface area (Å²) in [6.45, 7) is 5.22. The van der Waals surface area contributed by atoms with Crippen LogP contribution in [0.25, 0.3) is 10.2 Å². The molecule has 202 valence electrons. The minimum Gasteiger partial charge on any atom is -0.457 e. The average molecular weight is 558 g/mol. The quantitative estimate of drug-likeness (QED) is 0.303. The third-order valence-corrected chi connectivity index (χ3v) is 7.99. The van der Waals surface area contributed by atoms with E-state index in [0.717, 1.165) is 23.0 Å². The van der Waals surface area contributed by atoms with Gasteiger partial charge < -0.3 is 20.3 Å². The molecule has 2 N–H and O–H groups in total. The summed E-state index contributed by atoms with van der Waals surface area (Å²) in [5.41, 5.74) is 2.35. The van der Waals surface area contributed by atoms with Gasteiger partial charge in [0.1, 0.15) is 27.4 Å². The summed E-state index contributed by atoms with van der Waals surface area (Å²) < 4.78 is 20.6. The molecule has 1 saturated heterocycles. The molecule has 2 aliphatic heterocycles. The average Bonchev–Trinajstić information content (AvgIpc) is 3.50. The van der Waals surface area contributed by atoms with Crippen LogP contribution in [0.5, 0.6) is 11.5 Å². The highest BCUT2D eigenvalue weighted by atomic mass is 32.1. The lowest BCUT2D eigenvalue weighted by Crippen LogP contribution is -2.42. The van der Waals surface area contributed by atoms with E-state index in [4.69, 9.17) is 4.74 Å². The lowest BCUT2D eigenvalue weighted by Gasteiger charge is -2.29. The maximum Gasteiger partial charge on any atom is 0.331 e. The summed E-state index contributed by atoms with van der Waals surface area (Å²) in [6.07, 6.45) is 1.28. The van der Waals surface area contributed by atoms with Crippen molar-refractivity contribution in [2.75, 3.05) is 23.3 Å². The molecule has 1 fully saturated rings. The number of benzene rings is 2. The van der Waals surface area contributed by atoms with Crippen molar-refractivity contribution >= 4 is 56.5 Å². The number of aromatic nitrogens is 1. The van der Waals surface area contributed by atoms with Gasteiger partial charge >= 0.3 is 6.03 Å². The summed E-state index contributed by atoms with van der Waals surface area (Å²) in [7, 11) is 0. The number of carbonyl (C=O) groups excluding carboxylic acids is 3. The Hall–Kier alpha value is -4.77. The smallest absolute Gasteiger partial charge is 0.331 e. The van der Waals surface area contributed by atoms with Crippen LogP contribution in [0.4, 0.5) is 26.2 Å². The molecular weight excluding hydrogens is 533 g/mol. The Morgan fingerprint density at radius 3 is 2.70 bits per heavy atom. The summed E-state index contributed by atoms with van der Waals surface area (Å²) >= 11 is 1.11. The molecule has 2 aliphatic rings. The predicted molar refractivity (Wildman–Crippen MR) is 151 cm³/mol. The number of urea groups is 1. The topological polar surface area (TPSA) is 104 Å². The van der Waals surface area contributed by atoms with Crippen molar-refractivity contribution < 1.29 is 23.5 Å². The van der Waals surface area contributed by atoms with Gasteiger partial charge in [0, 0.05) is 12.7 Å². The zero-order valence-electron chi connectivity index (χ0n) is 21.4. The van der Waals surface area contributed by atoms with E-state index >= 15 is 0 Å². The first kappa shape index (κ1) is 25.5. The van der Waals surface area contributed by atoms with E-state index in [2.05, 4.69) is 22.2 Å². The van der Waals surface area contributed by atoms with Crippen molar-refractivity contribution in [1.29, 1.82) is 0 Å². The van der Waals surface area contributed by atoms with Gasteiger partial charge in [-0.15, -0.1) is 11.3 Å². The largest absolute Gasteiger partial charge is 0.457 e. The number of hydrogen-bond donors (Lipinski definition) is 2. The molecule has 0 aliphatic carbocycles. The Morgan fingerprint density at radius 1 is 1.15 bits per heavy atom. The summed E-state index contributed by atoms with van der Waals surface area (Å²) in [5, 5.41) is 6.16. The standard InChI is InChI=1S/C29H24FN5O4S/c1-3-23(36)34-14-19(30)20(15-34)32-27(37)26-25-24-22(11-12-31-28(24)40-26)35(29(38)33-25)21-10-9-18(13-16(21)2)39-17-7-5-4-6-8-17/h3-13,19-20H,1,14-15H2,2H3,(H,32,37)(H,33,38)/t19?,20-/m0/s1. The maximum absolute atomic E-state index is 14.6. The van der Waals surface area contributed by atoms with Crippen LogP contribution in [0, 0.1) is 6.92 Å². The molecule has 0 radical (unpaired) electrons. The Bertz CT molecular complexity index is 1670. The third kappa shape index (κ3) is 4.43. The van der Waals surface area contributed by atoms with Gasteiger partial charge in [0.05, 0.1) is 35.0 Å². The van der Waals surface area contributed by atoms with E-state index < -0.39 is 30.1 Å². The first-order valence-electron chi connectivity index (χ1n) is 12.6. The van der Waals surface area contributed by atoms with E-state index in [1.54, 1.807) is 23.2 Å². The second-order valence-electron chi connectivity index (χ2n) is 9.49. The SMILES string of the molecule is C=CC(=O)N1CC(F)[C@@H](NC(=O)c2sc3nccc4c3c2NC(=O)N4c2ccc(Oc3ccccc3)cc2C)C1. The normalized spacial score (nSPS) is 18.0. The van der Waals surface area contributed by atoms with Gasteiger partial charge in [0.25, 0.3) is 5.91 Å². The van der Waals surface area contributed by atoms with Crippen molar-refractivity contribution in [3.8, 4) is 11.5 Å². The van der Waals surface area contributed by atoms with Gasteiger partial charge in [0.2, 0.25) is 5.91 Å². The lowest BCUT2D eigenvalue weighted by molar-refractivity contribution is -0.125. The number of nitrogens with zero attached hydrogens (tertiary/aromatic N) is 3. The molecule has 0 bridgehead atoms. The van der Waals surface area contributed by atoms with Crippen molar-refractivity contribution in [2.24, 2.45) is 0 Å². The molecule has 4 heterocycles. The summed E-state index contributed by atoms with van der Waals surface area (Å²) in [5.74, 6) is 0.391. The van der Waals surface area contributed by atoms with E-state index in [1.807, 2.05) is 49.4 Å². The van der Waals surface area contributed by atoms with Crippen LogP contribution in [0.3, 0.4) is 0 Å². The van der Waals surface area contributed by atoms with Crippen LogP contribution in [-0.4, -0.2) is 53.0 Å². The van der Waals surface area contributed by atoms with Crippen LogP contribution in [-0.2, 0) is 4.79 Å². The van der Waals surface area contributed by atoms with Crippen LogP contribution in [0.15, 0.2) is 73.4 Å². The zero-order valence-corrected chi connectivity index (χ0v) is 22.2. The van der Waals surface area contributed by atoms with Gasteiger partial charge in [-0.1, -0.05) is 24.8 Å². The highest BCUT2D eigenvalue weighted by molar-refractivity contribution is 7.21. The number of aryl methyl sites for hydroxylation is 1. The van der Waals surface area contributed by atoms with Crippen LogP contribution in [0.1, 0.15) is 15.2 Å². The van der Waals surface area contributed by atoms with Crippen molar-refractivity contribution in [3.63, 3.8) is 0 Å². The van der Waals surface area contributed by atoms with Gasteiger partial charge in [-0.2, -0.15) is 0 Å². The molecule has 2 atom stereocenters. The number of hydrogen-bond acceptors (Lipinski definition) is 6. The maximum atomic E-state index is 14.6. The van der Waals surface area contributed by atoms with Gasteiger partial charge in [-0.05, 0) is 55.0 Å². The Kier molecular flexibility index (Phi) is 6.43. The monoisotopic (exact) mass is 557 g/mol. The second kappa shape index (κ2) is 10.1. The Morgan fingerprint density at radius 2 is 1.95 bits per heavy atom. The molecule has 0 saturated carbocycles. The van der Waals surface area contributed by atoms with Gasteiger partial charge in [-0.3, -0.25) is 14.5 Å². The molecule has 1 unspecified atom stereocenters. The fourth-order valence-corrected chi connectivity index (χ4v) is 6.02. The van der Waals surface area contributed by atoms with Crippen molar-refractivity contribution in [1.82, 2.24) is 15.2 Å². The summed E-state index contributed by atoms with van der Waals surface area (Å²) in [4.78, 5) is 46.7. The fraction of sp³-hybridized carbons (Fsp3) is 0.172. The number of para-hydroxylation sites is 1. The molecule has 40 heavy (non-hydrogen) atoms. The fourth-order valence-electron chi connectivity index (χ4n) is 4.99. The molecular formula is C29H24FN5O4S. The van der Waals surface area contributed by atoms with Gasteiger partial charge in [-0.25, -0.2) is 14.2 Å². The first-order valence-corrected chi connectivity index (χ1v) is 13.4. The molecule has 2 aromatic carbocycles. The number of ether oxygens (including phenoxy) is 1.